The lowest BCUT2D eigenvalue weighted by Gasteiger charge is -2.20. The molecular formula is C32H34FN3O5S. The average Bonchev–Trinajstić information content (AvgIpc) is 3.60. The Morgan fingerprint density at radius 1 is 1.10 bits per heavy atom. The van der Waals surface area contributed by atoms with Crippen LogP contribution in [0.25, 0.3) is 10.9 Å². The first-order valence-electron chi connectivity index (χ1n) is 14.1. The Bertz CT molecular complexity index is 1690. The summed E-state index contributed by atoms with van der Waals surface area (Å²) in [4.78, 5) is 30.3. The van der Waals surface area contributed by atoms with E-state index in [2.05, 4.69) is 10.3 Å². The highest BCUT2D eigenvalue weighted by atomic mass is 32.2. The number of hydrogen-bond donors (Lipinski definition) is 1. The van der Waals surface area contributed by atoms with E-state index in [9.17, 15) is 22.4 Å². The summed E-state index contributed by atoms with van der Waals surface area (Å²) in [7, 11) is -3.32. The molecule has 1 N–H and O–H groups in total. The second-order valence-corrected chi connectivity index (χ2v) is 12.9. The van der Waals surface area contributed by atoms with Crippen molar-refractivity contribution in [2.75, 3.05) is 18.2 Å². The van der Waals surface area contributed by atoms with E-state index in [1.165, 1.54) is 24.6 Å². The second-order valence-electron chi connectivity index (χ2n) is 10.9. The lowest BCUT2D eigenvalue weighted by molar-refractivity contribution is -0.118. The highest BCUT2D eigenvalue weighted by molar-refractivity contribution is 7.90. The van der Waals surface area contributed by atoms with Crippen LogP contribution in [0.5, 0.6) is 0 Å². The fourth-order valence-electron chi connectivity index (χ4n) is 5.72. The van der Waals surface area contributed by atoms with Crippen LogP contribution < -0.4 is 5.32 Å². The summed E-state index contributed by atoms with van der Waals surface area (Å²) >= 11 is 0. The fourth-order valence-corrected chi connectivity index (χ4v) is 6.35. The average molecular weight is 592 g/mol. The molecule has 2 aromatic heterocycles. The molecule has 0 aliphatic heterocycles. The zero-order valence-corrected chi connectivity index (χ0v) is 24.5. The largest absolute Gasteiger partial charge is 0.462 e. The number of rotatable bonds is 10. The van der Waals surface area contributed by atoms with Crippen molar-refractivity contribution in [3.05, 3.63) is 89.5 Å². The Balaban J connectivity index is 1.48. The Morgan fingerprint density at radius 3 is 2.48 bits per heavy atom. The van der Waals surface area contributed by atoms with E-state index in [1.54, 1.807) is 49.4 Å². The predicted octanol–water partition coefficient (Wildman–Crippen LogP) is 6.11. The summed E-state index contributed by atoms with van der Waals surface area (Å²) in [5.74, 6) is -1.00. The van der Waals surface area contributed by atoms with Crippen molar-refractivity contribution in [3.8, 4) is 0 Å². The number of carbonyl (C=O) groups is 2. The minimum atomic E-state index is -3.32. The van der Waals surface area contributed by atoms with Crippen molar-refractivity contribution in [1.82, 2.24) is 9.55 Å². The molecule has 2 heterocycles. The molecule has 42 heavy (non-hydrogen) atoms. The first-order valence-corrected chi connectivity index (χ1v) is 16.0. The minimum Gasteiger partial charge on any atom is -0.462 e. The molecule has 1 saturated carbocycles. The van der Waals surface area contributed by atoms with Crippen molar-refractivity contribution < 1.29 is 27.1 Å². The summed E-state index contributed by atoms with van der Waals surface area (Å²) in [6.07, 6.45) is 9.38. The maximum Gasteiger partial charge on any atom is 0.339 e. The van der Waals surface area contributed by atoms with E-state index in [4.69, 9.17) is 4.74 Å². The molecule has 0 radical (unpaired) electrons. The number of sulfone groups is 1. The van der Waals surface area contributed by atoms with Gasteiger partial charge in [-0.15, -0.1) is 0 Å². The van der Waals surface area contributed by atoms with E-state index in [0.717, 1.165) is 42.3 Å². The highest BCUT2D eigenvalue weighted by Gasteiger charge is 2.30. The van der Waals surface area contributed by atoms with Gasteiger partial charge < -0.3 is 14.6 Å². The molecule has 2 aromatic carbocycles. The van der Waals surface area contributed by atoms with Crippen LogP contribution in [0.15, 0.2) is 71.9 Å². The van der Waals surface area contributed by atoms with Gasteiger partial charge in [-0.2, -0.15) is 0 Å². The number of pyridine rings is 1. The zero-order valence-electron chi connectivity index (χ0n) is 23.7. The van der Waals surface area contributed by atoms with Crippen LogP contribution in [-0.4, -0.2) is 42.7 Å². The van der Waals surface area contributed by atoms with E-state index in [1.807, 2.05) is 10.8 Å². The normalized spacial score (nSPS) is 14.6. The van der Waals surface area contributed by atoms with Crippen LogP contribution >= 0.6 is 0 Å². The van der Waals surface area contributed by atoms with Gasteiger partial charge in [0.05, 0.1) is 23.0 Å². The topological polar surface area (TPSA) is 107 Å². The molecule has 1 amide bonds. The molecule has 0 bridgehead atoms. The summed E-state index contributed by atoms with van der Waals surface area (Å²) in [6, 6.07) is 14.4. The predicted molar refractivity (Wildman–Crippen MR) is 159 cm³/mol. The Kier molecular flexibility index (Phi) is 8.72. The van der Waals surface area contributed by atoms with Crippen molar-refractivity contribution in [2.24, 2.45) is 5.92 Å². The Labute approximate surface area is 244 Å². The van der Waals surface area contributed by atoms with Crippen LogP contribution in [0.3, 0.4) is 0 Å². The van der Waals surface area contributed by atoms with E-state index in [0.29, 0.717) is 35.7 Å². The molecule has 5 rings (SSSR count). The molecule has 0 saturated heterocycles. The monoisotopic (exact) mass is 591 g/mol. The van der Waals surface area contributed by atoms with Gasteiger partial charge in [0.2, 0.25) is 5.91 Å². The van der Waals surface area contributed by atoms with Gasteiger partial charge in [0.25, 0.3) is 0 Å². The SMILES string of the molecule is CCOC(=O)c1ccc(NC(=O)C(CC2CCCC2)c2cn(Cc3ccc(S(C)(=O)=O)cc3)c3ccc(F)cc23)nc1. The van der Waals surface area contributed by atoms with Gasteiger partial charge in [0.1, 0.15) is 11.6 Å². The Morgan fingerprint density at radius 2 is 1.83 bits per heavy atom. The molecule has 1 atom stereocenters. The van der Waals surface area contributed by atoms with Gasteiger partial charge in [-0.3, -0.25) is 4.79 Å². The molecule has 1 aliphatic rings. The lowest BCUT2D eigenvalue weighted by Crippen LogP contribution is -2.23. The van der Waals surface area contributed by atoms with Gasteiger partial charge in [-0.05, 0) is 72.9 Å². The van der Waals surface area contributed by atoms with Crippen LogP contribution in [0.2, 0.25) is 0 Å². The third-order valence-electron chi connectivity index (χ3n) is 7.84. The summed E-state index contributed by atoms with van der Waals surface area (Å²) < 4.78 is 45.3. The molecule has 4 aromatic rings. The second kappa shape index (κ2) is 12.4. The molecule has 1 aliphatic carbocycles. The number of nitrogens with zero attached hydrogens (tertiary/aromatic N) is 2. The first kappa shape index (κ1) is 29.4. The van der Waals surface area contributed by atoms with Crippen LogP contribution in [0, 0.1) is 11.7 Å². The molecule has 10 heteroatoms. The number of aromatic nitrogens is 2. The number of carbonyl (C=O) groups excluding carboxylic acids is 2. The number of hydrogen-bond acceptors (Lipinski definition) is 6. The van der Waals surface area contributed by atoms with Crippen LogP contribution in [0.4, 0.5) is 10.2 Å². The molecular weight excluding hydrogens is 557 g/mol. The maximum atomic E-state index is 14.6. The smallest absolute Gasteiger partial charge is 0.339 e. The maximum absolute atomic E-state index is 14.6. The number of esters is 1. The van der Waals surface area contributed by atoms with Crippen LogP contribution in [0.1, 0.15) is 66.4 Å². The number of halogens is 1. The molecule has 1 fully saturated rings. The van der Waals surface area contributed by atoms with E-state index >= 15 is 0 Å². The molecule has 0 spiro atoms. The van der Waals surface area contributed by atoms with Gasteiger partial charge in [-0.1, -0.05) is 37.8 Å². The van der Waals surface area contributed by atoms with Gasteiger partial charge in [-0.25, -0.2) is 22.6 Å². The first-order chi connectivity index (χ1) is 20.1. The van der Waals surface area contributed by atoms with Gasteiger partial charge in [0.15, 0.2) is 9.84 Å². The molecule has 220 valence electrons. The van der Waals surface area contributed by atoms with Crippen molar-refractivity contribution in [3.63, 3.8) is 0 Å². The third-order valence-corrected chi connectivity index (χ3v) is 8.97. The standard InChI is InChI=1S/C32H34FN3O5S/c1-3-41-32(38)23-10-15-30(34-18-23)35-31(37)27(16-21-6-4-5-7-21)28-20-36(29-14-11-24(33)17-26(28)29)19-22-8-12-25(13-9-22)42(2,39)40/h8-15,17-18,20-21,27H,3-7,16,19H2,1-2H3,(H,34,35,37). The highest BCUT2D eigenvalue weighted by Crippen LogP contribution is 2.38. The third kappa shape index (κ3) is 6.70. The van der Waals surface area contributed by atoms with E-state index < -0.39 is 27.5 Å². The van der Waals surface area contributed by atoms with Crippen molar-refractivity contribution >= 4 is 38.4 Å². The van der Waals surface area contributed by atoms with Crippen molar-refractivity contribution in [2.45, 2.75) is 56.4 Å². The minimum absolute atomic E-state index is 0.239. The number of anilines is 1. The quantitative estimate of drug-likeness (QED) is 0.223. The zero-order chi connectivity index (χ0) is 29.9. The van der Waals surface area contributed by atoms with Gasteiger partial charge in [0, 0.05) is 36.1 Å². The Hall–Kier alpha value is -4.05. The van der Waals surface area contributed by atoms with Crippen LogP contribution in [-0.2, 0) is 25.9 Å². The summed E-state index contributed by atoms with van der Waals surface area (Å²) in [6.45, 7) is 2.39. The lowest BCUT2D eigenvalue weighted by atomic mass is 9.87. The summed E-state index contributed by atoms with van der Waals surface area (Å²) in [5, 5.41) is 3.57. The number of ether oxygens (including phenoxy) is 1. The van der Waals surface area contributed by atoms with E-state index in [-0.39, 0.29) is 17.4 Å². The number of fused-ring (bicyclic) bond motifs is 1. The number of nitrogens with one attached hydrogen (secondary N) is 1. The van der Waals surface area contributed by atoms with Crippen molar-refractivity contribution in [1.29, 1.82) is 0 Å². The molecule has 8 nitrogen and oxygen atoms in total. The number of benzene rings is 2. The molecule has 1 unspecified atom stereocenters. The number of amides is 1. The fraction of sp³-hybridized carbons (Fsp3) is 0.344. The van der Waals surface area contributed by atoms with Gasteiger partial charge >= 0.3 is 5.97 Å². The summed E-state index contributed by atoms with van der Waals surface area (Å²) in [5.41, 5.74) is 2.67.